The number of halogens is 3. The van der Waals surface area contributed by atoms with Crippen LogP contribution in [0.1, 0.15) is 27.7 Å². The molecular formula is C10H19F3N2OS. The van der Waals surface area contributed by atoms with Crippen LogP contribution in [-0.4, -0.2) is 29.3 Å². The molecule has 0 bridgehead atoms. The number of alkyl halides is 3. The molecule has 0 atom stereocenters. The van der Waals surface area contributed by atoms with E-state index in [9.17, 15) is 18.0 Å². The van der Waals surface area contributed by atoms with Gasteiger partial charge in [0.2, 0.25) is 5.91 Å². The first-order valence-electron chi connectivity index (χ1n) is 5.16. The van der Waals surface area contributed by atoms with Crippen molar-refractivity contribution in [2.45, 2.75) is 38.7 Å². The van der Waals surface area contributed by atoms with Gasteiger partial charge in [-0.05, 0) is 39.5 Å². The molecule has 1 amide bonds. The third-order valence-corrected chi connectivity index (χ3v) is 3.57. The Hall–Kier alpha value is -0.430. The van der Waals surface area contributed by atoms with Crippen LogP contribution in [0.2, 0.25) is 0 Å². The van der Waals surface area contributed by atoms with Crippen molar-refractivity contribution < 1.29 is 18.0 Å². The zero-order valence-corrected chi connectivity index (χ0v) is 11.3. The van der Waals surface area contributed by atoms with Gasteiger partial charge < -0.3 is 11.1 Å². The van der Waals surface area contributed by atoms with Crippen LogP contribution >= 0.6 is 11.8 Å². The Labute approximate surface area is 104 Å². The van der Waals surface area contributed by atoms with E-state index >= 15 is 0 Å². The van der Waals surface area contributed by atoms with Gasteiger partial charge in [-0.15, -0.1) is 0 Å². The largest absolute Gasteiger partial charge is 0.441 e. The van der Waals surface area contributed by atoms with E-state index in [0.29, 0.717) is 0 Å². The maximum Gasteiger partial charge on any atom is 0.441 e. The SMILES string of the molecule is CC(C)(N)C(C)(C)C(=O)NCCSC(F)(F)F. The number of hydrogen-bond acceptors (Lipinski definition) is 3. The van der Waals surface area contributed by atoms with Gasteiger partial charge in [-0.1, -0.05) is 0 Å². The molecule has 0 unspecified atom stereocenters. The van der Waals surface area contributed by atoms with Crippen molar-refractivity contribution in [2.75, 3.05) is 12.3 Å². The molecule has 3 N–H and O–H groups in total. The molecule has 0 aliphatic carbocycles. The number of carbonyl (C=O) groups is 1. The lowest BCUT2D eigenvalue weighted by atomic mass is 9.74. The molecule has 0 spiro atoms. The Morgan fingerprint density at radius 3 is 2.06 bits per heavy atom. The van der Waals surface area contributed by atoms with Gasteiger partial charge in [0.15, 0.2) is 0 Å². The number of nitrogens with two attached hydrogens (primary N) is 1. The normalized spacial score (nSPS) is 13.6. The average molecular weight is 272 g/mol. The number of amides is 1. The Bertz CT molecular complexity index is 272. The summed E-state index contributed by atoms with van der Waals surface area (Å²) in [7, 11) is 0. The molecule has 0 aromatic heterocycles. The molecule has 0 aliphatic rings. The van der Waals surface area contributed by atoms with Gasteiger partial charge in [-0.2, -0.15) is 13.2 Å². The van der Waals surface area contributed by atoms with E-state index in [1.54, 1.807) is 27.7 Å². The van der Waals surface area contributed by atoms with E-state index in [-0.39, 0.29) is 30.0 Å². The predicted molar refractivity (Wildman–Crippen MR) is 63.6 cm³/mol. The number of carbonyl (C=O) groups excluding carboxylic acids is 1. The predicted octanol–water partition coefficient (Wildman–Crippen LogP) is 2.12. The van der Waals surface area contributed by atoms with Crippen LogP contribution < -0.4 is 11.1 Å². The highest BCUT2D eigenvalue weighted by molar-refractivity contribution is 8.00. The van der Waals surface area contributed by atoms with Crippen molar-refractivity contribution in [1.82, 2.24) is 5.32 Å². The van der Waals surface area contributed by atoms with E-state index in [1.165, 1.54) is 0 Å². The van der Waals surface area contributed by atoms with Crippen LogP contribution in [0.5, 0.6) is 0 Å². The van der Waals surface area contributed by atoms with Crippen LogP contribution in [0.25, 0.3) is 0 Å². The van der Waals surface area contributed by atoms with Crippen LogP contribution in [0.4, 0.5) is 13.2 Å². The van der Waals surface area contributed by atoms with Crippen LogP contribution in [0, 0.1) is 5.41 Å². The van der Waals surface area contributed by atoms with E-state index in [1.807, 2.05) is 0 Å². The lowest BCUT2D eigenvalue weighted by molar-refractivity contribution is -0.132. The molecule has 0 fully saturated rings. The van der Waals surface area contributed by atoms with Crippen molar-refractivity contribution >= 4 is 17.7 Å². The summed E-state index contributed by atoms with van der Waals surface area (Å²) >= 11 is -0.152. The molecule has 0 saturated carbocycles. The highest BCUT2D eigenvalue weighted by atomic mass is 32.2. The Balaban J connectivity index is 4.12. The fraction of sp³-hybridized carbons (Fsp3) is 0.900. The lowest BCUT2D eigenvalue weighted by Crippen LogP contribution is -2.55. The van der Waals surface area contributed by atoms with Crippen molar-refractivity contribution in [3.63, 3.8) is 0 Å². The minimum absolute atomic E-state index is 0.0253. The molecular weight excluding hydrogens is 253 g/mol. The summed E-state index contributed by atoms with van der Waals surface area (Å²) in [4.78, 5) is 11.8. The number of nitrogens with one attached hydrogen (secondary N) is 1. The summed E-state index contributed by atoms with van der Waals surface area (Å²) in [5.41, 5.74) is 0.00583. The van der Waals surface area contributed by atoms with Crippen molar-refractivity contribution in [3.8, 4) is 0 Å². The molecule has 3 nitrogen and oxygen atoms in total. The van der Waals surface area contributed by atoms with Crippen molar-refractivity contribution in [3.05, 3.63) is 0 Å². The number of thioether (sulfide) groups is 1. The third kappa shape index (κ3) is 5.63. The Morgan fingerprint density at radius 1 is 1.24 bits per heavy atom. The fourth-order valence-electron chi connectivity index (χ4n) is 0.845. The highest BCUT2D eigenvalue weighted by Crippen LogP contribution is 2.30. The number of hydrogen-bond donors (Lipinski definition) is 2. The molecule has 0 heterocycles. The van der Waals surface area contributed by atoms with Gasteiger partial charge in [-0.25, -0.2) is 0 Å². The van der Waals surface area contributed by atoms with E-state index < -0.39 is 16.5 Å². The zero-order valence-electron chi connectivity index (χ0n) is 10.4. The summed E-state index contributed by atoms with van der Waals surface area (Å²) in [6, 6.07) is 0. The quantitative estimate of drug-likeness (QED) is 0.754. The second kappa shape index (κ2) is 5.48. The molecule has 0 aliphatic heterocycles. The summed E-state index contributed by atoms with van der Waals surface area (Å²) < 4.78 is 35.5. The maximum atomic E-state index is 11.8. The monoisotopic (exact) mass is 272 g/mol. The van der Waals surface area contributed by atoms with E-state index in [0.717, 1.165) is 0 Å². The van der Waals surface area contributed by atoms with Crippen LogP contribution in [0.15, 0.2) is 0 Å². The average Bonchev–Trinajstić information content (AvgIpc) is 2.08. The van der Waals surface area contributed by atoms with Crippen LogP contribution in [-0.2, 0) is 4.79 Å². The molecule has 0 radical (unpaired) electrons. The zero-order chi connectivity index (χ0) is 13.9. The second-order valence-electron chi connectivity index (χ2n) is 4.90. The summed E-state index contributed by atoms with van der Waals surface area (Å²) in [5.74, 6) is -0.538. The molecule has 0 rings (SSSR count). The van der Waals surface area contributed by atoms with Crippen LogP contribution in [0.3, 0.4) is 0 Å². The molecule has 0 aromatic rings. The lowest BCUT2D eigenvalue weighted by Gasteiger charge is -2.36. The van der Waals surface area contributed by atoms with Gasteiger partial charge in [0.05, 0.1) is 5.41 Å². The maximum absolute atomic E-state index is 11.8. The molecule has 102 valence electrons. The third-order valence-electron chi connectivity index (χ3n) is 2.83. The molecule has 17 heavy (non-hydrogen) atoms. The first-order chi connectivity index (χ1) is 7.38. The second-order valence-corrected chi connectivity index (χ2v) is 6.06. The molecule has 0 aromatic carbocycles. The summed E-state index contributed by atoms with van der Waals surface area (Å²) in [6.45, 7) is 6.72. The minimum atomic E-state index is -4.26. The smallest absolute Gasteiger partial charge is 0.355 e. The van der Waals surface area contributed by atoms with Crippen molar-refractivity contribution in [1.29, 1.82) is 0 Å². The molecule has 7 heteroatoms. The number of rotatable bonds is 5. The van der Waals surface area contributed by atoms with Gasteiger partial charge in [0.1, 0.15) is 0 Å². The van der Waals surface area contributed by atoms with Gasteiger partial charge in [0, 0.05) is 17.8 Å². The highest BCUT2D eigenvalue weighted by Gasteiger charge is 2.40. The summed E-state index contributed by atoms with van der Waals surface area (Å²) in [6.07, 6.45) is 0. The Kier molecular flexibility index (Phi) is 5.34. The van der Waals surface area contributed by atoms with E-state index in [2.05, 4.69) is 5.32 Å². The Morgan fingerprint density at radius 2 is 1.71 bits per heavy atom. The minimum Gasteiger partial charge on any atom is -0.355 e. The fourth-order valence-corrected chi connectivity index (χ4v) is 1.28. The van der Waals surface area contributed by atoms with Crippen molar-refractivity contribution in [2.24, 2.45) is 11.1 Å². The van der Waals surface area contributed by atoms with Gasteiger partial charge in [0.25, 0.3) is 0 Å². The first-order valence-corrected chi connectivity index (χ1v) is 6.14. The summed E-state index contributed by atoms with van der Waals surface area (Å²) in [5, 5.41) is 2.46. The first kappa shape index (κ1) is 16.6. The van der Waals surface area contributed by atoms with Gasteiger partial charge in [-0.3, -0.25) is 4.79 Å². The topological polar surface area (TPSA) is 55.1 Å². The van der Waals surface area contributed by atoms with Gasteiger partial charge >= 0.3 is 5.51 Å². The standard InChI is InChI=1S/C10H19F3N2OS/c1-8(2,9(3,4)14)7(16)15-5-6-17-10(11,12)13/h5-6,14H2,1-4H3,(H,15,16). The molecule has 0 saturated heterocycles. The van der Waals surface area contributed by atoms with E-state index in [4.69, 9.17) is 5.73 Å².